The van der Waals surface area contributed by atoms with Gasteiger partial charge in [-0.2, -0.15) is 0 Å². The highest BCUT2D eigenvalue weighted by Gasteiger charge is 2.14. The normalized spacial score (nSPS) is 11.6. The van der Waals surface area contributed by atoms with Gasteiger partial charge in [0.15, 0.2) is 0 Å². The first-order valence-corrected chi connectivity index (χ1v) is 10.6. The minimum atomic E-state index is -3.57. The molecule has 0 spiro atoms. The lowest BCUT2D eigenvalue weighted by Crippen LogP contribution is -2.34. The van der Waals surface area contributed by atoms with Gasteiger partial charge >= 0.3 is 0 Å². The molecule has 0 saturated carbocycles. The third-order valence-electron chi connectivity index (χ3n) is 3.94. The highest BCUT2D eigenvalue weighted by atomic mass is 32.2. The average Bonchev–Trinajstić information content (AvgIpc) is 2.67. The Morgan fingerprint density at radius 3 is 2.30 bits per heavy atom. The lowest BCUT2D eigenvalue weighted by atomic mass is 10.2. The SMILES string of the molecule is CCCN(Cc1ccccc1)C(=O)CCNS(=O)(=O)/C=C/c1ccccc1. The molecule has 0 aromatic heterocycles. The zero-order valence-electron chi connectivity index (χ0n) is 15.5. The van der Waals surface area contributed by atoms with E-state index in [1.165, 1.54) is 6.08 Å². The summed E-state index contributed by atoms with van der Waals surface area (Å²) in [5.41, 5.74) is 1.86. The second kappa shape index (κ2) is 10.6. The van der Waals surface area contributed by atoms with E-state index in [9.17, 15) is 13.2 Å². The lowest BCUT2D eigenvalue weighted by molar-refractivity contribution is -0.131. The van der Waals surface area contributed by atoms with Gasteiger partial charge in [-0.25, -0.2) is 13.1 Å². The number of carbonyl (C=O) groups is 1. The van der Waals surface area contributed by atoms with Crippen LogP contribution < -0.4 is 4.72 Å². The molecule has 1 amide bonds. The number of nitrogens with one attached hydrogen (secondary N) is 1. The number of hydrogen-bond donors (Lipinski definition) is 1. The summed E-state index contributed by atoms with van der Waals surface area (Å²) in [6.07, 6.45) is 2.51. The van der Waals surface area contributed by atoms with Crippen molar-refractivity contribution in [1.29, 1.82) is 0 Å². The fourth-order valence-electron chi connectivity index (χ4n) is 2.60. The molecule has 6 heteroatoms. The van der Waals surface area contributed by atoms with Gasteiger partial charge < -0.3 is 4.90 Å². The van der Waals surface area contributed by atoms with E-state index in [2.05, 4.69) is 4.72 Å². The Labute approximate surface area is 161 Å². The summed E-state index contributed by atoms with van der Waals surface area (Å²) in [4.78, 5) is 14.2. The molecule has 0 aliphatic carbocycles. The molecule has 27 heavy (non-hydrogen) atoms. The molecular weight excluding hydrogens is 360 g/mol. The van der Waals surface area contributed by atoms with Gasteiger partial charge in [-0.1, -0.05) is 67.6 Å². The first-order chi connectivity index (χ1) is 13.0. The molecule has 0 unspecified atom stereocenters. The number of benzene rings is 2. The number of hydrogen-bond acceptors (Lipinski definition) is 3. The molecule has 5 nitrogen and oxygen atoms in total. The molecule has 0 fully saturated rings. The third kappa shape index (κ3) is 7.76. The molecule has 2 aromatic rings. The first-order valence-electron chi connectivity index (χ1n) is 9.04. The van der Waals surface area contributed by atoms with Gasteiger partial charge in [0, 0.05) is 31.5 Å². The second-order valence-electron chi connectivity index (χ2n) is 6.20. The van der Waals surface area contributed by atoms with Crippen LogP contribution in [0.15, 0.2) is 66.1 Å². The van der Waals surface area contributed by atoms with Gasteiger partial charge in [0.2, 0.25) is 15.9 Å². The minimum Gasteiger partial charge on any atom is -0.338 e. The van der Waals surface area contributed by atoms with Crippen LogP contribution in [0.5, 0.6) is 0 Å². The largest absolute Gasteiger partial charge is 0.338 e. The zero-order chi connectivity index (χ0) is 19.5. The van der Waals surface area contributed by atoms with Crippen molar-refractivity contribution in [1.82, 2.24) is 9.62 Å². The van der Waals surface area contributed by atoms with Crippen molar-refractivity contribution >= 4 is 22.0 Å². The quantitative estimate of drug-likeness (QED) is 0.680. The summed E-state index contributed by atoms with van der Waals surface area (Å²) >= 11 is 0. The standard InChI is InChI=1S/C21H26N2O3S/c1-2-16-23(18-20-11-7-4-8-12-20)21(24)13-15-22-27(25,26)17-14-19-9-5-3-6-10-19/h3-12,14,17,22H,2,13,15-16,18H2,1H3/b17-14+. The summed E-state index contributed by atoms with van der Waals surface area (Å²) in [5.74, 6) is -0.0598. The Bertz CT molecular complexity index is 834. The summed E-state index contributed by atoms with van der Waals surface area (Å²) in [6.45, 7) is 3.28. The summed E-state index contributed by atoms with van der Waals surface area (Å²) in [7, 11) is -3.57. The third-order valence-corrected chi connectivity index (χ3v) is 5.04. The Balaban J connectivity index is 1.86. The van der Waals surface area contributed by atoms with Gasteiger partial charge in [0.25, 0.3) is 0 Å². The van der Waals surface area contributed by atoms with Crippen LogP contribution in [0.3, 0.4) is 0 Å². The van der Waals surface area contributed by atoms with Crippen LogP contribution in [0.4, 0.5) is 0 Å². The number of rotatable bonds is 10. The van der Waals surface area contributed by atoms with Crippen molar-refractivity contribution in [3.8, 4) is 0 Å². The van der Waals surface area contributed by atoms with Crippen molar-refractivity contribution in [2.24, 2.45) is 0 Å². The van der Waals surface area contributed by atoms with Gasteiger partial charge in [0.05, 0.1) is 0 Å². The van der Waals surface area contributed by atoms with E-state index in [0.717, 1.165) is 23.0 Å². The van der Waals surface area contributed by atoms with Crippen LogP contribution in [0.1, 0.15) is 30.9 Å². The maximum atomic E-state index is 12.5. The van der Waals surface area contributed by atoms with Gasteiger partial charge in [0.1, 0.15) is 0 Å². The lowest BCUT2D eigenvalue weighted by Gasteiger charge is -2.22. The topological polar surface area (TPSA) is 66.5 Å². The molecule has 2 rings (SSSR count). The molecule has 1 N–H and O–H groups in total. The molecule has 0 heterocycles. The van der Waals surface area contributed by atoms with Crippen LogP contribution in [0.2, 0.25) is 0 Å². The Kier molecular flexibility index (Phi) is 8.23. The monoisotopic (exact) mass is 386 g/mol. The summed E-state index contributed by atoms with van der Waals surface area (Å²) < 4.78 is 26.6. The van der Waals surface area contributed by atoms with Crippen LogP contribution in [0, 0.1) is 0 Å². The molecule has 0 aliphatic rings. The van der Waals surface area contributed by atoms with Crippen molar-refractivity contribution < 1.29 is 13.2 Å². The van der Waals surface area contributed by atoms with Crippen molar-refractivity contribution in [3.05, 3.63) is 77.2 Å². The van der Waals surface area contributed by atoms with Crippen molar-refractivity contribution in [3.63, 3.8) is 0 Å². The number of amides is 1. The maximum Gasteiger partial charge on any atom is 0.233 e. The molecule has 0 bridgehead atoms. The van der Waals surface area contributed by atoms with Gasteiger partial charge in [-0.15, -0.1) is 0 Å². The van der Waals surface area contributed by atoms with E-state index in [0.29, 0.717) is 13.1 Å². The average molecular weight is 387 g/mol. The van der Waals surface area contributed by atoms with Crippen LogP contribution in [-0.4, -0.2) is 32.3 Å². The number of nitrogens with zero attached hydrogens (tertiary/aromatic N) is 1. The fourth-order valence-corrected chi connectivity index (χ4v) is 3.42. The number of sulfonamides is 1. The maximum absolute atomic E-state index is 12.5. The number of carbonyl (C=O) groups excluding carboxylic acids is 1. The fraction of sp³-hybridized carbons (Fsp3) is 0.286. The predicted molar refractivity (Wildman–Crippen MR) is 109 cm³/mol. The molecular formula is C21H26N2O3S. The predicted octanol–water partition coefficient (Wildman–Crippen LogP) is 3.41. The van der Waals surface area contributed by atoms with Crippen LogP contribution in [-0.2, 0) is 21.4 Å². The molecule has 0 saturated heterocycles. The van der Waals surface area contributed by atoms with E-state index in [1.54, 1.807) is 4.90 Å². The summed E-state index contributed by atoms with van der Waals surface area (Å²) in [6, 6.07) is 19.0. The van der Waals surface area contributed by atoms with E-state index in [4.69, 9.17) is 0 Å². The minimum absolute atomic E-state index is 0.0598. The van der Waals surface area contributed by atoms with Crippen molar-refractivity contribution in [2.45, 2.75) is 26.3 Å². The smallest absolute Gasteiger partial charge is 0.233 e. The van der Waals surface area contributed by atoms with Crippen molar-refractivity contribution in [2.75, 3.05) is 13.1 Å². The molecule has 0 radical (unpaired) electrons. The Morgan fingerprint density at radius 2 is 1.67 bits per heavy atom. The highest BCUT2D eigenvalue weighted by Crippen LogP contribution is 2.07. The zero-order valence-corrected chi connectivity index (χ0v) is 16.4. The molecule has 0 atom stereocenters. The first kappa shape index (κ1) is 20.9. The molecule has 2 aromatic carbocycles. The molecule has 144 valence electrons. The Hall–Kier alpha value is -2.44. The summed E-state index contributed by atoms with van der Waals surface area (Å²) in [5, 5.41) is 1.13. The second-order valence-corrected chi connectivity index (χ2v) is 7.85. The van der Waals surface area contributed by atoms with E-state index in [1.807, 2.05) is 67.6 Å². The van der Waals surface area contributed by atoms with Crippen LogP contribution >= 0.6 is 0 Å². The van der Waals surface area contributed by atoms with Gasteiger partial charge in [-0.3, -0.25) is 4.79 Å². The van der Waals surface area contributed by atoms with E-state index >= 15 is 0 Å². The van der Waals surface area contributed by atoms with Crippen LogP contribution in [0.25, 0.3) is 6.08 Å². The van der Waals surface area contributed by atoms with Gasteiger partial charge in [-0.05, 0) is 23.6 Å². The molecule has 0 aliphatic heterocycles. The van der Waals surface area contributed by atoms with E-state index < -0.39 is 10.0 Å². The highest BCUT2D eigenvalue weighted by molar-refractivity contribution is 7.92. The Morgan fingerprint density at radius 1 is 1.04 bits per heavy atom. The van der Waals surface area contributed by atoms with E-state index in [-0.39, 0.29) is 18.9 Å².